The number of nitrogens with one attached hydrogen (secondary N) is 3. The summed E-state index contributed by atoms with van der Waals surface area (Å²) >= 11 is -2.52. The molecule has 13 nitrogen and oxygen atoms in total. The summed E-state index contributed by atoms with van der Waals surface area (Å²) in [4.78, 5) is 26.6. The molecule has 0 radical (unpaired) electrons. The van der Waals surface area contributed by atoms with Gasteiger partial charge in [-0.05, 0) is 67.4 Å². The molecule has 5 heterocycles. The van der Waals surface area contributed by atoms with Crippen molar-refractivity contribution >= 4 is 58.3 Å². The molecule has 7 rings (SSSR count). The third kappa shape index (κ3) is 6.47. The highest BCUT2D eigenvalue weighted by Gasteiger charge is 2.24. The second-order valence-electron chi connectivity index (χ2n) is 13.6. The number of aromatic amines is 1. The van der Waals surface area contributed by atoms with Gasteiger partial charge in [-0.25, -0.2) is 14.5 Å². The van der Waals surface area contributed by atoms with Crippen molar-refractivity contribution in [3.05, 3.63) is 101 Å². The molecule has 5 aromatic heterocycles. The summed E-state index contributed by atoms with van der Waals surface area (Å²) in [5, 5.41) is 10.1. The maximum atomic E-state index is 14.0. The van der Waals surface area contributed by atoms with E-state index in [1.807, 2.05) is 73.3 Å². The van der Waals surface area contributed by atoms with Crippen LogP contribution in [-0.2, 0) is 22.7 Å². The summed E-state index contributed by atoms with van der Waals surface area (Å²) in [5.41, 5.74) is 5.21. The number of hydrogen-bond donors (Lipinski definition) is 3. The third-order valence-corrected chi connectivity index (χ3v) is 10.8. The lowest BCUT2D eigenvalue weighted by molar-refractivity contribution is 0.0899. The second-order valence-corrected chi connectivity index (χ2v) is 19.9. The Bertz CT molecular complexity index is 2430. The molecule has 1 unspecified atom stereocenters. The Morgan fingerprint density at radius 3 is 2.64 bits per heavy atom. The first-order valence-corrected chi connectivity index (χ1v) is 21.1. The van der Waals surface area contributed by atoms with Gasteiger partial charge in [0.05, 0.1) is 17.1 Å². The van der Waals surface area contributed by atoms with Crippen LogP contribution in [0.4, 0.5) is 11.5 Å². The zero-order chi connectivity index (χ0) is 35.2. The molecule has 0 amide bonds. The molecule has 0 aliphatic carbocycles. The first kappa shape index (κ1) is 33.4. The van der Waals surface area contributed by atoms with E-state index in [4.69, 9.17) is 19.8 Å². The van der Waals surface area contributed by atoms with E-state index in [9.17, 15) is 13.6 Å². The van der Waals surface area contributed by atoms with E-state index < -0.39 is 25.4 Å². The van der Waals surface area contributed by atoms with Crippen LogP contribution in [0.15, 0.2) is 84.3 Å². The van der Waals surface area contributed by atoms with Crippen molar-refractivity contribution < 1.29 is 13.5 Å². The average molecular weight is 709 g/mol. The SMILES string of the molecule is Cc1ccn2nc([C@H](C)Nc3ncnc4c3c(-c3cc(NS(=O)[O-])cc5[nH]ccc35)cn4COCC[Si](C)(C)C)n(-c3ccccc3)c(=O)c12. The van der Waals surface area contributed by atoms with Crippen LogP contribution in [0, 0.1) is 6.92 Å². The fraction of sp³-hybridized carbons (Fsp3) is 0.257. The molecule has 2 atom stereocenters. The number of ether oxygens (including phenoxy) is 1. The number of benzene rings is 2. The minimum Gasteiger partial charge on any atom is -0.755 e. The smallest absolute Gasteiger partial charge is 0.282 e. The van der Waals surface area contributed by atoms with Gasteiger partial charge in [-0.2, -0.15) is 5.10 Å². The fourth-order valence-electron chi connectivity index (χ4n) is 6.23. The van der Waals surface area contributed by atoms with Crippen LogP contribution >= 0.6 is 0 Å². The molecule has 7 aromatic rings. The van der Waals surface area contributed by atoms with Crippen LogP contribution < -0.4 is 15.6 Å². The van der Waals surface area contributed by atoms with Gasteiger partial charge in [0.1, 0.15) is 30.0 Å². The molecule has 15 heteroatoms. The number of rotatable bonds is 12. The van der Waals surface area contributed by atoms with E-state index in [0.717, 1.165) is 33.6 Å². The number of fused-ring (bicyclic) bond motifs is 3. The molecule has 50 heavy (non-hydrogen) atoms. The van der Waals surface area contributed by atoms with Crippen molar-refractivity contribution in [2.24, 2.45) is 0 Å². The molecule has 3 N–H and O–H groups in total. The molecule has 0 spiro atoms. The van der Waals surface area contributed by atoms with Gasteiger partial charge in [-0.15, -0.1) is 0 Å². The average Bonchev–Trinajstić information content (AvgIpc) is 3.80. The van der Waals surface area contributed by atoms with Crippen molar-refractivity contribution in [1.82, 2.24) is 33.7 Å². The Balaban J connectivity index is 1.38. The summed E-state index contributed by atoms with van der Waals surface area (Å²) in [5.74, 6) is 1.01. The minimum atomic E-state index is -2.52. The summed E-state index contributed by atoms with van der Waals surface area (Å²) < 4.78 is 37.2. The maximum Gasteiger partial charge on any atom is 0.282 e. The molecule has 0 saturated carbocycles. The lowest BCUT2D eigenvalue weighted by Gasteiger charge is -2.20. The van der Waals surface area contributed by atoms with Crippen LogP contribution in [0.5, 0.6) is 0 Å². The van der Waals surface area contributed by atoms with E-state index in [2.05, 4.69) is 34.7 Å². The van der Waals surface area contributed by atoms with E-state index in [-0.39, 0.29) is 12.3 Å². The quantitative estimate of drug-likeness (QED) is 0.0750. The van der Waals surface area contributed by atoms with Crippen molar-refractivity contribution in [3.63, 3.8) is 0 Å². The monoisotopic (exact) mass is 708 g/mol. The third-order valence-electron chi connectivity index (χ3n) is 8.71. The highest BCUT2D eigenvalue weighted by atomic mass is 32.2. The van der Waals surface area contributed by atoms with E-state index in [0.29, 0.717) is 46.2 Å². The highest BCUT2D eigenvalue weighted by molar-refractivity contribution is 7.80. The predicted octanol–water partition coefficient (Wildman–Crippen LogP) is 6.38. The Morgan fingerprint density at radius 1 is 1.08 bits per heavy atom. The van der Waals surface area contributed by atoms with Crippen molar-refractivity contribution in [1.29, 1.82) is 0 Å². The summed E-state index contributed by atoms with van der Waals surface area (Å²) in [7, 11) is -1.31. The first-order chi connectivity index (χ1) is 24.0. The first-order valence-electron chi connectivity index (χ1n) is 16.3. The van der Waals surface area contributed by atoms with Gasteiger partial charge in [-0.1, -0.05) is 37.8 Å². The second kappa shape index (κ2) is 13.3. The number of H-pyrrole nitrogens is 1. The molecule has 0 fully saturated rings. The molecular weight excluding hydrogens is 671 g/mol. The topological polar surface area (TPSA) is 159 Å². The van der Waals surface area contributed by atoms with Crippen molar-refractivity contribution in [2.45, 2.75) is 52.3 Å². The Morgan fingerprint density at radius 2 is 1.88 bits per heavy atom. The van der Waals surface area contributed by atoms with Crippen molar-refractivity contribution in [3.8, 4) is 16.8 Å². The van der Waals surface area contributed by atoms with Gasteiger partial charge in [0, 0.05) is 66.7 Å². The van der Waals surface area contributed by atoms with Gasteiger partial charge >= 0.3 is 0 Å². The largest absolute Gasteiger partial charge is 0.755 e. The van der Waals surface area contributed by atoms with Gasteiger partial charge in [-0.3, -0.25) is 13.6 Å². The molecule has 0 aliphatic heterocycles. The molecule has 2 aromatic carbocycles. The number of aryl methyl sites for hydroxylation is 1. The van der Waals surface area contributed by atoms with Crippen LogP contribution in [0.2, 0.25) is 25.7 Å². The highest BCUT2D eigenvalue weighted by Crippen LogP contribution is 2.40. The number of nitrogens with zero attached hydrogens (tertiary/aromatic N) is 6. The fourth-order valence-corrected chi connectivity index (χ4v) is 7.30. The summed E-state index contributed by atoms with van der Waals surface area (Å²) in [6.45, 7) is 11.7. The van der Waals surface area contributed by atoms with Crippen LogP contribution in [0.1, 0.15) is 24.4 Å². The number of aromatic nitrogens is 7. The molecular formula is C35H38N9O4SSi-. The lowest BCUT2D eigenvalue weighted by atomic mass is 10.0. The number of anilines is 2. The summed E-state index contributed by atoms with van der Waals surface area (Å²) in [6, 6.07) is 17.3. The van der Waals surface area contributed by atoms with E-state index in [1.165, 1.54) is 6.33 Å². The zero-order valence-corrected chi connectivity index (χ0v) is 30.2. The van der Waals surface area contributed by atoms with Gasteiger partial charge in [0.15, 0.2) is 5.82 Å². The van der Waals surface area contributed by atoms with Gasteiger partial charge in [0.2, 0.25) is 0 Å². The minimum absolute atomic E-state index is 0.178. The Kier molecular flexibility index (Phi) is 8.90. The molecule has 0 aliphatic rings. The Labute approximate surface area is 291 Å². The van der Waals surface area contributed by atoms with Crippen LogP contribution in [0.25, 0.3) is 44.3 Å². The normalized spacial score (nSPS) is 13.3. The number of hydrogen-bond acceptors (Lipinski definition) is 8. The Hall–Kier alpha value is -5.09. The molecule has 258 valence electrons. The lowest BCUT2D eigenvalue weighted by Crippen LogP contribution is -2.29. The van der Waals surface area contributed by atoms with E-state index in [1.54, 1.807) is 27.4 Å². The van der Waals surface area contributed by atoms with Crippen molar-refractivity contribution in [2.75, 3.05) is 16.6 Å². The number of para-hydroxylation sites is 1. The maximum absolute atomic E-state index is 14.0. The van der Waals surface area contributed by atoms with Gasteiger partial charge < -0.3 is 28.9 Å². The molecule has 0 bridgehead atoms. The zero-order valence-electron chi connectivity index (χ0n) is 28.4. The summed E-state index contributed by atoms with van der Waals surface area (Å²) in [6.07, 6.45) is 7.08. The van der Waals surface area contributed by atoms with Gasteiger partial charge in [0.25, 0.3) is 5.56 Å². The standard InChI is InChI=1S/C35H39N9O4SSi/c1-22-12-14-43-31(22)35(45)44(25-9-7-6-8-10-25)33(40-43)23(2)39-32-30-28(27-17-24(41-49(46)47)18-29-26(27)11-13-36-29)19-42(34(30)38-20-37-32)21-48-15-16-50(3,4)5/h6-14,17-20,23,36,41H,15-16,21H2,1-5H3,(H,46,47)(H,37,38,39)/p-1/t23-/m0/s1. The van der Waals surface area contributed by atoms with Crippen LogP contribution in [-0.4, -0.2) is 57.1 Å². The predicted molar refractivity (Wildman–Crippen MR) is 199 cm³/mol. The molecule has 0 saturated heterocycles. The van der Waals surface area contributed by atoms with Crippen LogP contribution in [0.3, 0.4) is 0 Å². The van der Waals surface area contributed by atoms with E-state index >= 15 is 0 Å².